The van der Waals surface area contributed by atoms with E-state index in [9.17, 15) is 18.4 Å². The third-order valence-corrected chi connectivity index (χ3v) is 21.0. The van der Waals surface area contributed by atoms with E-state index in [0.29, 0.717) is 106 Å². The maximum absolute atomic E-state index is 13.9. The number of likely N-dealkylation sites (tertiary alicyclic amines) is 2. The number of nitrogens with zero attached hydrogens (tertiary/aromatic N) is 6. The Morgan fingerprint density at radius 2 is 1.00 bits per heavy atom. The molecule has 22 heteroatoms. The zero-order chi connectivity index (χ0) is 63.2. The number of carbonyl (C=O) groups excluding carboxylic acids is 2. The van der Waals surface area contributed by atoms with E-state index in [1.54, 1.807) is 9.80 Å². The fraction of sp³-hybridized carbons (Fsp3) is 0.562. The summed E-state index contributed by atoms with van der Waals surface area (Å²) in [6.07, 6.45) is 1.34. The predicted molar refractivity (Wildman–Crippen MR) is 352 cm³/mol. The highest BCUT2D eigenvalue weighted by Crippen LogP contribution is 2.42. The van der Waals surface area contributed by atoms with Crippen molar-refractivity contribution in [1.29, 1.82) is 0 Å². The number of benzene rings is 4. The van der Waals surface area contributed by atoms with Gasteiger partial charge < -0.3 is 38.2 Å². The normalized spacial score (nSPS) is 16.5. The molecule has 4 heterocycles. The molecule has 0 aliphatic carbocycles. The molecule has 6 aromatic rings. The summed E-state index contributed by atoms with van der Waals surface area (Å²) in [7, 11) is -2.41. The van der Waals surface area contributed by atoms with Crippen LogP contribution < -0.4 is 0 Å². The molecule has 0 unspecified atom stereocenters. The van der Waals surface area contributed by atoms with Crippen molar-refractivity contribution in [3.8, 4) is 0 Å². The number of rotatable bonds is 20. The van der Waals surface area contributed by atoms with Crippen LogP contribution in [0.3, 0.4) is 0 Å². The van der Waals surface area contributed by atoms with Crippen molar-refractivity contribution in [1.82, 2.24) is 29.4 Å². The molecule has 14 nitrogen and oxygen atoms in total. The molecule has 2 amide bonds. The molecule has 0 spiro atoms. The molecule has 0 N–H and O–H groups in total. The van der Waals surface area contributed by atoms with Crippen LogP contribution in [0.5, 0.6) is 0 Å². The second kappa shape index (κ2) is 28.9. The molecule has 2 aliphatic heterocycles. The zero-order valence-corrected chi connectivity index (χ0v) is 59.3. The number of fused-ring (bicyclic) bond motifs is 2. The maximum atomic E-state index is 13.9. The number of hydrogen-bond donors (Lipinski definition) is 0. The van der Waals surface area contributed by atoms with E-state index in [4.69, 9.17) is 61.8 Å². The van der Waals surface area contributed by atoms with Gasteiger partial charge in [-0.2, -0.15) is 10.2 Å². The summed E-state index contributed by atoms with van der Waals surface area (Å²) in [6.45, 7) is 34.0. The first-order valence-corrected chi connectivity index (χ1v) is 39.5. The van der Waals surface area contributed by atoms with Gasteiger partial charge in [0.15, 0.2) is 0 Å². The maximum Gasteiger partial charge on any atom is 0.410 e. The lowest BCUT2D eigenvalue weighted by molar-refractivity contribution is -0.00966. The lowest BCUT2D eigenvalue weighted by Gasteiger charge is -2.42. The Kier molecular flexibility index (Phi) is 23.4. The number of ether oxygens (including phenoxy) is 6. The Morgan fingerprint density at radius 3 is 1.42 bits per heavy atom. The van der Waals surface area contributed by atoms with Crippen molar-refractivity contribution in [3.05, 3.63) is 126 Å². The van der Waals surface area contributed by atoms with Crippen LogP contribution >= 0.6 is 55.1 Å². The van der Waals surface area contributed by atoms with Crippen LogP contribution in [0.2, 0.25) is 61.4 Å². The van der Waals surface area contributed by atoms with Crippen LogP contribution in [0.15, 0.2) is 82.0 Å². The molecular formula is C64H88Br2Cl2F2N6O8Si2. The highest BCUT2D eigenvalue weighted by molar-refractivity contribution is 9.10. The number of amides is 2. The minimum Gasteiger partial charge on any atom is -0.444 e. The third-order valence-electron chi connectivity index (χ3n) is 15.7. The van der Waals surface area contributed by atoms with Gasteiger partial charge in [0.2, 0.25) is 0 Å². The van der Waals surface area contributed by atoms with E-state index < -0.39 is 38.2 Å². The van der Waals surface area contributed by atoms with E-state index in [-0.39, 0.29) is 36.0 Å². The van der Waals surface area contributed by atoms with Gasteiger partial charge in [-0.1, -0.05) is 86.7 Å². The predicted octanol–water partition coefficient (Wildman–Crippen LogP) is 17.9. The molecule has 86 heavy (non-hydrogen) atoms. The van der Waals surface area contributed by atoms with Gasteiger partial charge in [0.25, 0.3) is 0 Å². The average molecular weight is 1390 g/mol. The van der Waals surface area contributed by atoms with Crippen LogP contribution in [-0.2, 0) is 52.7 Å². The summed E-state index contributed by atoms with van der Waals surface area (Å²) < 4.78 is 69.4. The van der Waals surface area contributed by atoms with Crippen molar-refractivity contribution < 1.29 is 46.8 Å². The van der Waals surface area contributed by atoms with Crippen LogP contribution in [0.25, 0.3) is 21.8 Å². The fourth-order valence-corrected chi connectivity index (χ4v) is 13.5. The lowest BCUT2D eigenvalue weighted by atomic mass is 9.73. The van der Waals surface area contributed by atoms with Crippen molar-refractivity contribution >= 4 is 105 Å². The van der Waals surface area contributed by atoms with Crippen LogP contribution in [0.1, 0.15) is 116 Å². The topological polar surface area (TPSA) is 132 Å². The third kappa shape index (κ3) is 19.0. The Balaban J connectivity index is 0.000000246. The molecule has 2 aromatic heterocycles. The van der Waals surface area contributed by atoms with E-state index in [1.165, 1.54) is 24.3 Å². The van der Waals surface area contributed by atoms with E-state index >= 15 is 0 Å². The summed E-state index contributed by atoms with van der Waals surface area (Å²) in [6, 6.07) is 23.0. The van der Waals surface area contributed by atoms with Gasteiger partial charge in [-0.25, -0.2) is 27.7 Å². The fourth-order valence-electron chi connectivity index (χ4n) is 10.6. The number of piperidine rings is 2. The Bertz CT molecular complexity index is 3250. The number of hydrogen-bond acceptors (Lipinski definition) is 10. The monoisotopic (exact) mass is 1390 g/mol. The second-order valence-corrected chi connectivity index (χ2v) is 41.1. The van der Waals surface area contributed by atoms with Gasteiger partial charge in [-0.15, -0.1) is 0 Å². The SMILES string of the molecule is C[C@@H](OCC1(c2ccc(F)cc2)CCN(C(=O)OC(C)(C)C)CC1)c1cc(Cl)cc2c(Br)n(COCC[Si](C)(C)C)nc12.C[C@@H](OCC1(c2ccc(F)cc2)CCN(C(=O)OC(C)(C)C)CC1)c1cc(Cl)cc2c(Br)nn(COCC[Si](C)(C)C)c12. The number of carbonyl (C=O) groups is 2. The quantitative estimate of drug-likeness (QED) is 0.0538. The lowest BCUT2D eigenvalue weighted by Crippen LogP contribution is -2.48. The Hall–Kier alpha value is -3.97. The molecule has 0 bridgehead atoms. The molecule has 2 fully saturated rings. The minimum absolute atomic E-state index is 0.286. The van der Waals surface area contributed by atoms with Crippen LogP contribution in [0.4, 0.5) is 18.4 Å². The zero-order valence-electron chi connectivity index (χ0n) is 52.6. The highest BCUT2D eigenvalue weighted by atomic mass is 79.9. The second-order valence-electron chi connectivity index (χ2n) is 27.5. The summed E-state index contributed by atoms with van der Waals surface area (Å²) >= 11 is 20.5. The molecule has 2 saturated heterocycles. The standard InChI is InChI=1S/2C32H44BrClFN3O4Si/c1-22(26-18-24(34)19-27-28(26)38(36-29(27)33)21-40-16-17-43(5,6)7)41-20-32(23-8-10-25(35)11-9-23)12-14-37(15-13-32)30(39)42-31(2,3)4;1-22(26-18-24(34)19-27-28(26)36-38(29(27)33)21-40-16-17-43(5,6)7)41-20-32(23-8-10-25(35)11-9-23)12-14-37(15-13-32)30(39)42-31(2,3)4/h2*8-11,18-19,22H,12-17,20-21H2,1-7H3/t2*22-/m11/s1. The van der Waals surface area contributed by atoms with E-state index in [1.807, 2.05) is 113 Å². The average Bonchev–Trinajstić information content (AvgIpc) is 1.64. The van der Waals surface area contributed by atoms with Crippen molar-refractivity contribution in [3.63, 3.8) is 0 Å². The van der Waals surface area contributed by atoms with Gasteiger partial charge in [0.05, 0.1) is 36.5 Å². The largest absolute Gasteiger partial charge is 0.444 e. The first-order chi connectivity index (χ1) is 40.1. The molecular weight excluding hydrogens is 1310 g/mol. The van der Waals surface area contributed by atoms with Crippen molar-refractivity contribution in [2.24, 2.45) is 0 Å². The summed E-state index contributed by atoms with van der Waals surface area (Å²) in [5.41, 5.74) is 3.55. The molecule has 8 rings (SSSR count). The molecule has 2 atom stereocenters. The van der Waals surface area contributed by atoms with Crippen LogP contribution in [-0.4, -0.2) is 122 Å². The van der Waals surface area contributed by atoms with Gasteiger partial charge in [0, 0.05) is 98.3 Å². The molecule has 4 aromatic carbocycles. The van der Waals surface area contributed by atoms with Gasteiger partial charge in [-0.3, -0.25) is 0 Å². The Morgan fingerprint density at radius 1 is 0.605 bits per heavy atom. The minimum atomic E-state index is -1.22. The first kappa shape index (κ1) is 69.5. The van der Waals surface area contributed by atoms with Crippen molar-refractivity contribution in [2.75, 3.05) is 52.6 Å². The smallest absolute Gasteiger partial charge is 0.410 e. The van der Waals surface area contributed by atoms with Gasteiger partial charge in [0.1, 0.15) is 45.5 Å². The summed E-state index contributed by atoms with van der Waals surface area (Å²) in [4.78, 5) is 29.0. The first-order valence-electron chi connectivity index (χ1n) is 29.7. The molecule has 2 aliphatic rings. The van der Waals surface area contributed by atoms with Crippen molar-refractivity contribution in [2.45, 2.75) is 180 Å². The van der Waals surface area contributed by atoms with Crippen LogP contribution in [0, 0.1) is 11.6 Å². The van der Waals surface area contributed by atoms with Gasteiger partial charge in [-0.05, 0) is 185 Å². The number of halogens is 6. The van der Waals surface area contributed by atoms with E-state index in [0.717, 1.165) is 60.8 Å². The molecule has 0 radical (unpaired) electrons. The Labute approximate surface area is 536 Å². The number of aromatic nitrogens is 4. The summed E-state index contributed by atoms with van der Waals surface area (Å²) in [5.74, 6) is -0.571. The highest BCUT2D eigenvalue weighted by Gasteiger charge is 2.41. The van der Waals surface area contributed by atoms with E-state index in [2.05, 4.69) is 71.1 Å². The van der Waals surface area contributed by atoms with Gasteiger partial charge >= 0.3 is 12.2 Å². The molecule has 472 valence electrons. The molecule has 0 saturated carbocycles. The summed E-state index contributed by atoms with van der Waals surface area (Å²) in [5, 5.41) is 12.5.